The molecule has 2 aliphatic carbocycles. The topological polar surface area (TPSA) is 167 Å². The molecule has 0 bridgehead atoms. The van der Waals surface area contributed by atoms with Gasteiger partial charge < -0.3 is 69.2 Å². The van der Waals surface area contributed by atoms with Crippen LogP contribution in [-0.4, -0.2) is 279 Å². The second kappa shape index (κ2) is 109. The van der Waals surface area contributed by atoms with E-state index in [1.807, 2.05) is 47.0 Å². The Morgan fingerprint density at radius 2 is 0.405 bits per heavy atom. The Hall–Kier alpha value is 3.21. The highest BCUT2D eigenvalue weighted by atomic mass is 32.3. The highest BCUT2D eigenvalue weighted by Crippen LogP contribution is 2.28. The van der Waals surface area contributed by atoms with E-state index in [1.54, 1.807) is 0 Å². The molecular formula is C84H175N7O9S11. The summed E-state index contributed by atoms with van der Waals surface area (Å²) in [6.45, 7) is 27.2. The van der Waals surface area contributed by atoms with Gasteiger partial charge in [-0.1, -0.05) is 96.3 Å². The van der Waals surface area contributed by atoms with Gasteiger partial charge in [-0.2, -0.15) is 82.3 Å². The van der Waals surface area contributed by atoms with Crippen LogP contribution in [-0.2, 0) is 42.6 Å². The Morgan fingerprint density at radius 3 is 0.541 bits per heavy atom. The summed E-state index contributed by atoms with van der Waals surface area (Å²) >= 11 is 22.4. The predicted octanol–water partition coefficient (Wildman–Crippen LogP) is 20.2. The van der Waals surface area contributed by atoms with Gasteiger partial charge in [0.25, 0.3) is 0 Å². The number of hydrogen-bond donors (Lipinski definition) is 7. The van der Waals surface area contributed by atoms with Crippen LogP contribution in [0.1, 0.15) is 250 Å². The highest BCUT2D eigenvalue weighted by molar-refractivity contribution is 8.31. The van der Waals surface area contributed by atoms with Crippen LogP contribution in [0.25, 0.3) is 0 Å². The summed E-state index contributed by atoms with van der Waals surface area (Å²) in [6.07, 6.45) is 55.1. The molecule has 111 heavy (non-hydrogen) atoms. The molecule has 0 unspecified atom stereocenters. The van der Waals surface area contributed by atoms with E-state index < -0.39 is 0 Å². The Kier molecular flexibility index (Phi) is 110. The zero-order chi connectivity index (χ0) is 78.5. The first-order chi connectivity index (χ1) is 55.5. The summed E-state index contributed by atoms with van der Waals surface area (Å²) in [5, 5.41) is 21.3. The van der Waals surface area contributed by atoms with Crippen LogP contribution < -0.4 is 37.4 Å². The van der Waals surface area contributed by atoms with E-state index >= 15 is 0 Å². The molecule has 0 aromatic carbocycles. The summed E-state index contributed by atoms with van der Waals surface area (Å²) in [5.74, 6) is 18.9. The lowest BCUT2D eigenvalue weighted by atomic mass is 10.0. The molecule has 16 nitrogen and oxygen atoms in total. The third kappa shape index (κ3) is 107. The van der Waals surface area contributed by atoms with Crippen molar-refractivity contribution in [3.8, 4) is 0 Å². The number of rotatable bonds is 0. The van der Waals surface area contributed by atoms with E-state index in [2.05, 4.69) is 120 Å². The van der Waals surface area contributed by atoms with Gasteiger partial charge in [0.05, 0.1) is 52.2 Å². The molecule has 0 radical (unpaired) electrons. The van der Waals surface area contributed by atoms with E-state index in [0.29, 0.717) is 6.79 Å². The molecule has 2 saturated carbocycles. The summed E-state index contributed by atoms with van der Waals surface area (Å²) in [5.41, 5.74) is 5.94. The molecule has 0 aromatic rings. The van der Waals surface area contributed by atoms with E-state index in [0.717, 1.165) is 138 Å². The molecule has 0 aromatic heterocycles. The molecule has 18 heterocycles. The molecule has 20 rings (SSSR count). The second-order valence-corrected chi connectivity index (χ2v) is 42.4. The maximum atomic E-state index is 5.07. The van der Waals surface area contributed by atoms with Gasteiger partial charge in [-0.05, 0) is 239 Å². The lowest BCUT2D eigenvalue weighted by Crippen LogP contribution is -2.21. The van der Waals surface area contributed by atoms with Crippen molar-refractivity contribution in [2.75, 3.05) is 279 Å². The summed E-state index contributed by atoms with van der Waals surface area (Å²) < 4.78 is 44.3. The van der Waals surface area contributed by atoms with Gasteiger partial charge in [0.2, 0.25) is 0 Å². The molecule has 18 saturated heterocycles. The van der Waals surface area contributed by atoms with Gasteiger partial charge in [-0.15, -0.1) is 47.0 Å². The van der Waals surface area contributed by atoms with Gasteiger partial charge in [0.15, 0.2) is 0 Å². The molecule has 666 valence electrons. The number of thioether (sulfide) groups is 11. The van der Waals surface area contributed by atoms with Gasteiger partial charge in [0, 0.05) is 135 Å². The first-order valence-electron chi connectivity index (χ1n) is 45.0. The molecule has 0 amide bonds. The molecule has 20 fully saturated rings. The second-order valence-electron chi connectivity index (χ2n) is 28.6. The zero-order valence-corrected chi connectivity index (χ0v) is 80.0. The lowest BCUT2D eigenvalue weighted by Gasteiger charge is -2.09. The van der Waals surface area contributed by atoms with Crippen molar-refractivity contribution >= 4 is 129 Å². The van der Waals surface area contributed by atoms with Gasteiger partial charge in [-0.3, -0.25) is 10.9 Å². The third-order valence-corrected chi connectivity index (χ3v) is 31.4. The van der Waals surface area contributed by atoms with E-state index in [1.165, 1.54) is 385 Å². The summed E-state index contributed by atoms with van der Waals surface area (Å²) in [7, 11) is 0. The lowest BCUT2D eigenvalue weighted by molar-refractivity contribution is -0.0334. The molecule has 0 spiro atoms. The largest absolute Gasteiger partial charge is 0.381 e. The summed E-state index contributed by atoms with van der Waals surface area (Å²) in [4.78, 5) is 0. The summed E-state index contributed by atoms with van der Waals surface area (Å²) in [6, 6.07) is 0. The molecular weight excluding hydrogens is 1600 g/mol. The average molecular weight is 1780 g/mol. The molecule has 27 heteroatoms. The van der Waals surface area contributed by atoms with Crippen LogP contribution in [0.15, 0.2) is 0 Å². The Balaban J connectivity index is 0.000000584. The standard InChI is InChI=1S/C6H12.2C5H11N.2C5H10O.2C5H10S.C5H10.C4H9N.C4H8O2.2C4H8O.2C4H8S2.C4H8S.2C3H8N2.C3H6O2.C3H6OS.C3H6S3/c7*1-2-4-6-5-3-1;2*1-2-4-5-3-1;1-2-6-4-3-5-1;2*1-2-4-5-3-1;1-2-6-4-3-5-1;1-2-5-4-6-3-1;1-2-4-5-3-1;1-2-5-3-4-1;1-2-4-5-3-1;2*1-2-5-3-4-1;1-4-2-6-3-5-1/h1-6H2;2*6H,1-5H2;4*1-5H2;1-5H2;5H,1-4H2;1-4H2;2*1-4H2;2*1-4H2;1-4H2;2*4-5H,1-3H2;2*1-3H2;1-3H2. The van der Waals surface area contributed by atoms with Crippen LogP contribution in [0.3, 0.4) is 0 Å². The van der Waals surface area contributed by atoms with Crippen LogP contribution in [0.2, 0.25) is 0 Å². The van der Waals surface area contributed by atoms with Gasteiger partial charge in [-0.25, -0.2) is 0 Å². The number of piperidine rings is 2. The SMILES string of the molecule is C1CCCC1.C1CCCCC1.C1CCNC1.C1CCNCC1.C1CCNCC1.C1CCOC1.C1CCOC1.C1CCOCC1.C1CCOCC1.C1CCSC1.C1CCSCC1.C1CCSCC1.C1CNCN1.C1CNNC1.C1COCCO1.C1COCO1.C1CSCCS1.C1CSCO1.C1CSCSC1.C1SCSCS1. The third-order valence-electron chi connectivity index (χ3n) is 18.2. The van der Waals surface area contributed by atoms with Gasteiger partial charge >= 0.3 is 0 Å². The van der Waals surface area contributed by atoms with E-state index in [4.69, 9.17) is 42.6 Å². The number of hydrazine groups is 1. The average Bonchev–Trinajstić information content (AvgIpc) is 4.85. The van der Waals surface area contributed by atoms with Crippen LogP contribution >= 0.6 is 129 Å². The molecule has 18 aliphatic heterocycles. The Labute approximate surface area is 732 Å². The highest BCUT2D eigenvalue weighted by Gasteiger charge is 2.05. The maximum absolute atomic E-state index is 5.07. The fourth-order valence-corrected chi connectivity index (χ4v) is 23.8. The van der Waals surface area contributed by atoms with Crippen molar-refractivity contribution < 1.29 is 42.6 Å². The molecule has 7 N–H and O–H groups in total. The zero-order valence-electron chi connectivity index (χ0n) is 71.1. The number of nitrogens with one attached hydrogen (secondary N) is 7. The van der Waals surface area contributed by atoms with Crippen LogP contribution in [0.4, 0.5) is 0 Å². The quantitative estimate of drug-likeness (QED) is 0.122. The monoisotopic (exact) mass is 1780 g/mol. The minimum Gasteiger partial charge on any atom is -0.381 e. The van der Waals surface area contributed by atoms with Gasteiger partial charge in [0.1, 0.15) is 6.79 Å². The first-order valence-corrected chi connectivity index (χ1v) is 57.7. The van der Waals surface area contributed by atoms with Crippen molar-refractivity contribution in [1.82, 2.24) is 37.4 Å². The number of hydrogen-bond acceptors (Lipinski definition) is 27. The van der Waals surface area contributed by atoms with Crippen molar-refractivity contribution in [2.24, 2.45) is 0 Å². The molecule has 20 aliphatic rings. The minimum atomic E-state index is 0.500. The van der Waals surface area contributed by atoms with E-state index in [9.17, 15) is 0 Å². The van der Waals surface area contributed by atoms with Crippen molar-refractivity contribution in [3.05, 3.63) is 0 Å². The Bertz CT molecular complexity index is 993. The van der Waals surface area contributed by atoms with Crippen molar-refractivity contribution in [2.45, 2.75) is 250 Å². The normalized spacial score (nSPS) is 24.0. The van der Waals surface area contributed by atoms with Crippen LogP contribution in [0, 0.1) is 0 Å². The fraction of sp³-hybridized carbons (Fsp3) is 1.00. The van der Waals surface area contributed by atoms with Crippen molar-refractivity contribution in [1.29, 1.82) is 0 Å². The molecule has 0 atom stereocenters. The smallest absolute Gasteiger partial charge is 0.146 e. The first kappa shape index (κ1) is 112. The van der Waals surface area contributed by atoms with Crippen LogP contribution in [0.5, 0.6) is 0 Å². The fourth-order valence-electron chi connectivity index (χ4n) is 11.5. The predicted molar refractivity (Wildman–Crippen MR) is 514 cm³/mol. The number of ether oxygens (including phenoxy) is 9. The Morgan fingerprint density at radius 1 is 0.144 bits per heavy atom. The minimum absolute atomic E-state index is 0.500. The van der Waals surface area contributed by atoms with E-state index in [-0.39, 0.29) is 0 Å². The van der Waals surface area contributed by atoms with Crippen molar-refractivity contribution in [3.63, 3.8) is 0 Å². The maximum Gasteiger partial charge on any atom is 0.146 e.